The maximum Gasteiger partial charge on any atom is 0.434 e. The molecular formula is C8H7N3O4S. The molecule has 7 nitrogen and oxygen atoms in total. The van der Waals surface area contributed by atoms with Gasteiger partial charge in [-0.05, 0) is 5.41 Å². The molecule has 1 aromatic heterocycles. The molecule has 0 saturated carbocycles. The van der Waals surface area contributed by atoms with Gasteiger partial charge in [0.1, 0.15) is 4.92 Å². The van der Waals surface area contributed by atoms with Gasteiger partial charge in [0.2, 0.25) is 12.3 Å². The minimum Gasteiger partial charge on any atom is -0.384 e. The highest BCUT2D eigenvalue weighted by molar-refractivity contribution is 8.03. The molecule has 1 N–H and O–H groups in total. The van der Waals surface area contributed by atoms with Gasteiger partial charge in [-0.2, -0.15) is 0 Å². The lowest BCUT2D eigenvalue weighted by Crippen LogP contribution is -2.36. The van der Waals surface area contributed by atoms with Gasteiger partial charge in [0, 0.05) is 12.3 Å². The van der Waals surface area contributed by atoms with Crippen molar-refractivity contribution in [3.63, 3.8) is 0 Å². The van der Waals surface area contributed by atoms with E-state index in [4.69, 9.17) is 4.42 Å². The van der Waals surface area contributed by atoms with Crippen LogP contribution in [0.25, 0.3) is 0 Å². The summed E-state index contributed by atoms with van der Waals surface area (Å²) >= 11 is 1.36. The Bertz CT molecular complexity index is 444. The van der Waals surface area contributed by atoms with E-state index in [1.165, 1.54) is 23.9 Å². The Hall–Kier alpha value is -1.96. The lowest BCUT2D eigenvalue weighted by molar-refractivity contribution is -0.401. The topological polar surface area (TPSA) is 88.6 Å². The zero-order chi connectivity index (χ0) is 11.5. The number of hydrogen-bond acceptors (Lipinski definition) is 6. The van der Waals surface area contributed by atoms with Gasteiger partial charge < -0.3 is 9.73 Å². The summed E-state index contributed by atoms with van der Waals surface area (Å²) in [5.74, 6) is -0.0162. The van der Waals surface area contributed by atoms with E-state index < -0.39 is 4.92 Å². The molecular weight excluding hydrogens is 234 g/mol. The quantitative estimate of drug-likeness (QED) is 0.484. The van der Waals surface area contributed by atoms with Crippen LogP contribution in [0.5, 0.6) is 0 Å². The maximum absolute atomic E-state index is 10.4. The van der Waals surface area contributed by atoms with Crippen LogP contribution in [0.3, 0.4) is 0 Å². The molecule has 1 atom stereocenters. The van der Waals surface area contributed by atoms with Crippen molar-refractivity contribution >= 4 is 29.9 Å². The first kappa shape index (κ1) is 10.6. The predicted molar refractivity (Wildman–Crippen MR) is 57.6 cm³/mol. The molecule has 1 aliphatic rings. The summed E-state index contributed by atoms with van der Waals surface area (Å²) < 4.78 is 5.01. The van der Waals surface area contributed by atoms with Gasteiger partial charge in [-0.1, -0.05) is 11.8 Å². The highest BCUT2D eigenvalue weighted by Gasteiger charge is 2.25. The minimum absolute atomic E-state index is 0.312. The Morgan fingerprint density at radius 2 is 2.44 bits per heavy atom. The molecule has 0 saturated heterocycles. The van der Waals surface area contributed by atoms with Crippen LogP contribution in [-0.4, -0.2) is 16.8 Å². The molecule has 8 heteroatoms. The number of nitro groups is 1. The fourth-order valence-corrected chi connectivity index (χ4v) is 2.03. The third kappa shape index (κ3) is 1.87. The van der Waals surface area contributed by atoms with Gasteiger partial charge in [0.25, 0.3) is 0 Å². The van der Waals surface area contributed by atoms with Crippen LogP contribution < -0.4 is 10.2 Å². The van der Waals surface area contributed by atoms with Crippen molar-refractivity contribution in [1.82, 2.24) is 5.32 Å². The SMILES string of the molecule is O=CNC1SC=CN1c1ccc([N+](=O)[O-])o1. The van der Waals surface area contributed by atoms with E-state index in [9.17, 15) is 14.9 Å². The first-order chi connectivity index (χ1) is 7.72. The van der Waals surface area contributed by atoms with Crippen LogP contribution in [0.15, 0.2) is 28.2 Å². The fourth-order valence-electron chi connectivity index (χ4n) is 1.24. The molecule has 2 heterocycles. The summed E-state index contributed by atoms with van der Waals surface area (Å²) in [6, 6.07) is 2.75. The zero-order valence-electron chi connectivity index (χ0n) is 7.90. The summed E-state index contributed by atoms with van der Waals surface area (Å²) in [4.78, 5) is 21.7. The van der Waals surface area contributed by atoms with E-state index in [1.807, 2.05) is 0 Å². The second-order valence-corrected chi connectivity index (χ2v) is 3.83. The van der Waals surface area contributed by atoms with Crippen LogP contribution in [0.1, 0.15) is 0 Å². The molecule has 0 bridgehead atoms. The van der Waals surface area contributed by atoms with E-state index in [1.54, 1.807) is 16.5 Å². The Labute approximate surface area is 94.2 Å². The van der Waals surface area contributed by atoms with Gasteiger partial charge in [-0.25, -0.2) is 0 Å². The molecule has 0 fully saturated rings. The number of anilines is 1. The average Bonchev–Trinajstić information content (AvgIpc) is 2.84. The van der Waals surface area contributed by atoms with Crippen molar-refractivity contribution in [3.05, 3.63) is 33.9 Å². The van der Waals surface area contributed by atoms with Crippen LogP contribution in [0.4, 0.5) is 11.8 Å². The molecule has 0 aliphatic carbocycles. The average molecular weight is 241 g/mol. The van der Waals surface area contributed by atoms with Gasteiger partial charge in [-0.15, -0.1) is 0 Å². The lowest BCUT2D eigenvalue weighted by Gasteiger charge is -2.20. The van der Waals surface area contributed by atoms with Crippen molar-refractivity contribution in [2.75, 3.05) is 4.90 Å². The molecule has 1 aromatic rings. The van der Waals surface area contributed by atoms with E-state index in [-0.39, 0.29) is 11.4 Å². The van der Waals surface area contributed by atoms with Crippen molar-refractivity contribution < 1.29 is 14.1 Å². The van der Waals surface area contributed by atoms with Crippen molar-refractivity contribution in [2.24, 2.45) is 0 Å². The normalized spacial score (nSPS) is 18.8. The van der Waals surface area contributed by atoms with Gasteiger partial charge >= 0.3 is 5.88 Å². The number of carbonyl (C=O) groups excluding carboxylic acids is 1. The third-order valence-electron chi connectivity index (χ3n) is 1.90. The lowest BCUT2D eigenvalue weighted by atomic mass is 10.5. The van der Waals surface area contributed by atoms with Crippen LogP contribution in [0.2, 0.25) is 0 Å². The van der Waals surface area contributed by atoms with E-state index >= 15 is 0 Å². The first-order valence-electron chi connectivity index (χ1n) is 4.27. The van der Waals surface area contributed by atoms with Gasteiger partial charge in [-0.3, -0.25) is 19.8 Å². The van der Waals surface area contributed by atoms with Crippen molar-refractivity contribution in [2.45, 2.75) is 5.50 Å². The van der Waals surface area contributed by atoms with Gasteiger partial charge in [0.15, 0.2) is 5.50 Å². The molecule has 1 amide bonds. The van der Waals surface area contributed by atoms with Crippen LogP contribution >= 0.6 is 11.8 Å². The molecule has 1 aliphatic heterocycles. The zero-order valence-corrected chi connectivity index (χ0v) is 8.72. The number of nitrogens with zero attached hydrogens (tertiary/aromatic N) is 2. The molecule has 2 rings (SSSR count). The van der Waals surface area contributed by atoms with Gasteiger partial charge in [0.05, 0.1) is 6.07 Å². The fraction of sp³-hybridized carbons (Fsp3) is 0.125. The Balaban J connectivity index is 2.19. The highest BCUT2D eigenvalue weighted by Crippen LogP contribution is 2.32. The number of carbonyl (C=O) groups is 1. The van der Waals surface area contributed by atoms with E-state index in [0.29, 0.717) is 12.3 Å². The molecule has 16 heavy (non-hydrogen) atoms. The number of furan rings is 1. The summed E-state index contributed by atoms with van der Waals surface area (Å²) in [6.07, 6.45) is 2.24. The maximum atomic E-state index is 10.4. The number of amides is 1. The number of thioether (sulfide) groups is 1. The Kier molecular flexibility index (Phi) is 2.82. The summed E-state index contributed by atoms with van der Waals surface area (Å²) in [6.45, 7) is 0. The second-order valence-electron chi connectivity index (χ2n) is 2.83. The van der Waals surface area contributed by atoms with Crippen molar-refractivity contribution in [3.8, 4) is 0 Å². The first-order valence-corrected chi connectivity index (χ1v) is 5.21. The standard InChI is InChI=1S/C8H7N3O4S/c12-5-9-8-10(3-4-16-8)6-1-2-7(15-6)11(13)14/h1-5,8H,(H,9,12). The summed E-state index contributed by atoms with van der Waals surface area (Å²) in [5.41, 5.74) is -0.330. The minimum atomic E-state index is -0.613. The van der Waals surface area contributed by atoms with Crippen LogP contribution in [0, 0.1) is 10.1 Å². The number of hydrogen-bond donors (Lipinski definition) is 1. The second kappa shape index (κ2) is 4.27. The summed E-state index contributed by atoms with van der Waals surface area (Å²) in [5, 5.41) is 14.7. The largest absolute Gasteiger partial charge is 0.434 e. The predicted octanol–water partition coefficient (Wildman–Crippen LogP) is 1.24. The Morgan fingerprint density at radius 1 is 1.62 bits per heavy atom. The Morgan fingerprint density at radius 3 is 3.06 bits per heavy atom. The van der Waals surface area contributed by atoms with Crippen LogP contribution in [-0.2, 0) is 4.79 Å². The molecule has 0 spiro atoms. The molecule has 0 aromatic carbocycles. The number of rotatable bonds is 4. The molecule has 1 unspecified atom stereocenters. The summed E-state index contributed by atoms with van der Waals surface area (Å²) in [7, 11) is 0. The molecule has 84 valence electrons. The monoisotopic (exact) mass is 241 g/mol. The van der Waals surface area contributed by atoms with Crippen molar-refractivity contribution in [1.29, 1.82) is 0 Å². The third-order valence-corrected chi connectivity index (χ3v) is 2.80. The highest BCUT2D eigenvalue weighted by atomic mass is 32.2. The van der Waals surface area contributed by atoms with E-state index in [2.05, 4.69) is 5.32 Å². The molecule has 0 radical (unpaired) electrons. The smallest absolute Gasteiger partial charge is 0.384 e. The number of nitrogens with one attached hydrogen (secondary N) is 1. The van der Waals surface area contributed by atoms with E-state index in [0.717, 1.165) is 0 Å².